The van der Waals surface area contributed by atoms with Gasteiger partial charge in [-0.3, -0.25) is 14.9 Å². The van der Waals surface area contributed by atoms with E-state index in [-0.39, 0.29) is 34.5 Å². The number of pyridine rings is 1. The van der Waals surface area contributed by atoms with Gasteiger partial charge in [-0.25, -0.2) is 4.79 Å². The van der Waals surface area contributed by atoms with Crippen molar-refractivity contribution in [1.82, 2.24) is 20.5 Å². The predicted molar refractivity (Wildman–Crippen MR) is 240 cm³/mol. The van der Waals surface area contributed by atoms with Crippen molar-refractivity contribution >= 4 is 36.9 Å². The highest BCUT2D eigenvalue weighted by Gasteiger charge is 2.40. The van der Waals surface area contributed by atoms with Crippen LogP contribution < -0.4 is 26.2 Å². The summed E-state index contributed by atoms with van der Waals surface area (Å²) in [6.45, 7) is 14.5. The quantitative estimate of drug-likeness (QED) is 0.0616. The third kappa shape index (κ3) is 11.4. The summed E-state index contributed by atoms with van der Waals surface area (Å²) in [5.74, 6) is 0.690. The lowest BCUT2D eigenvalue weighted by Crippen LogP contribution is -2.43. The summed E-state index contributed by atoms with van der Waals surface area (Å²) >= 11 is 0. The number of H-pyrrole nitrogens is 1. The first-order chi connectivity index (χ1) is 28.7. The number of phenols is 1. The number of hydrogen-bond acceptors (Lipinski definition) is 9. The number of likely N-dealkylation sites (tertiary alicyclic amines) is 1. The van der Waals surface area contributed by atoms with E-state index in [2.05, 4.69) is 59.7 Å². The molecule has 0 unspecified atom stereocenters. The van der Waals surface area contributed by atoms with Crippen molar-refractivity contribution in [2.75, 3.05) is 38.6 Å². The fourth-order valence-corrected chi connectivity index (χ4v) is 8.50. The molecule has 1 aliphatic rings. The molecule has 2 heterocycles. The van der Waals surface area contributed by atoms with Crippen LogP contribution in [0.1, 0.15) is 62.8 Å². The lowest BCUT2D eigenvalue weighted by molar-refractivity contribution is -0.121. The molecule has 6 rings (SSSR count). The number of amides is 2. The summed E-state index contributed by atoms with van der Waals surface area (Å²) in [5.41, 5.74) is 5.54. The van der Waals surface area contributed by atoms with Gasteiger partial charge in [-0.05, 0) is 71.9 Å². The molecule has 1 aliphatic heterocycles. The molecule has 5 aromatic rings. The topological polar surface area (TPSA) is 154 Å². The number of aromatic nitrogens is 1. The number of aromatic amines is 1. The molecule has 0 saturated carbocycles. The fraction of sp³-hybridized carbons (Fsp3) is 0.383. The normalized spacial score (nSPS) is 14.4. The third-order valence-electron chi connectivity index (χ3n) is 11.7. The first-order valence-corrected chi connectivity index (χ1v) is 23.6. The number of nitrogens with zero attached hydrogens (tertiary/aromatic N) is 1. The smallest absolute Gasteiger partial charge is 0.411 e. The summed E-state index contributed by atoms with van der Waals surface area (Å²) in [6, 6.07) is 30.2. The number of phenolic OH excluding ortho intramolecular Hbond substituents is 1. The van der Waals surface area contributed by atoms with Crippen LogP contribution in [0, 0.1) is 0 Å². The van der Waals surface area contributed by atoms with Crippen molar-refractivity contribution in [3.63, 3.8) is 0 Å². The van der Waals surface area contributed by atoms with Crippen LogP contribution in [-0.2, 0) is 27.0 Å². The Labute approximate surface area is 353 Å². The molecule has 12 nitrogen and oxygen atoms in total. The number of fused-ring (bicyclic) bond motifs is 1. The minimum Gasteiger partial charge on any atom is -0.506 e. The van der Waals surface area contributed by atoms with Crippen LogP contribution in [-0.4, -0.2) is 74.7 Å². The van der Waals surface area contributed by atoms with E-state index >= 15 is 0 Å². The Balaban J connectivity index is 0.960. The minimum atomic E-state index is -2.24. The van der Waals surface area contributed by atoms with Gasteiger partial charge in [0.1, 0.15) is 17.6 Å². The summed E-state index contributed by atoms with van der Waals surface area (Å²) in [5, 5.41) is 20.8. The maximum atomic E-state index is 12.9. The van der Waals surface area contributed by atoms with Crippen molar-refractivity contribution in [3.05, 3.63) is 124 Å². The highest BCUT2D eigenvalue weighted by atomic mass is 28.4. The number of carbonyl (C=O) groups excluding carboxylic acids is 2. The Morgan fingerprint density at radius 1 is 0.933 bits per heavy atom. The summed E-state index contributed by atoms with van der Waals surface area (Å²) in [7, 11) is -0.598. The lowest BCUT2D eigenvalue weighted by Gasteiger charge is -2.39. The van der Waals surface area contributed by atoms with Crippen LogP contribution in [0.3, 0.4) is 0 Å². The van der Waals surface area contributed by atoms with E-state index in [1.54, 1.807) is 19.2 Å². The zero-order chi connectivity index (χ0) is 42.9. The van der Waals surface area contributed by atoms with Gasteiger partial charge in [-0.1, -0.05) is 87.5 Å². The number of ether oxygens (including phenoxy) is 2. The maximum absolute atomic E-state index is 12.9. The molecule has 0 bridgehead atoms. The van der Waals surface area contributed by atoms with Gasteiger partial charge in [0, 0.05) is 68.3 Å². The molecule has 0 aliphatic carbocycles. The molecule has 13 heteroatoms. The fourth-order valence-electron chi connectivity index (χ4n) is 7.22. The van der Waals surface area contributed by atoms with Gasteiger partial charge >= 0.3 is 6.09 Å². The monoisotopic (exact) mass is 833 g/mol. The SMILES string of the molecule is COc1cc(CNC(=O)CCN2CCC(OC(=O)Nc3ccccc3-c3ccccc3)CC2)ccc1CNC[C@H](O[Si](C)(C)C(C)(C)C)c1ccc(O)c2[nH]c(=O)ccc12. The van der Waals surface area contributed by atoms with Gasteiger partial charge in [-0.15, -0.1) is 0 Å². The van der Waals surface area contributed by atoms with E-state index < -0.39 is 14.4 Å². The molecule has 1 saturated heterocycles. The molecule has 1 fully saturated rings. The van der Waals surface area contributed by atoms with Gasteiger partial charge in [-0.2, -0.15) is 0 Å². The second-order valence-electron chi connectivity index (χ2n) is 16.9. The standard InChI is InChI=1S/C47H59N5O7Si/c1-47(2,3)60(5,6)59-42(37-18-20-40(53)45-38(37)19-21-44(55)51-45)31-48-30-34-17-16-32(28-41(34)57-4)29-49-43(54)24-27-52-25-22-35(23-26-52)58-46(56)50-39-15-11-10-14-36(39)33-12-8-7-9-13-33/h7-21,28,35,42,48,53H,22-27,29-31H2,1-6H3,(H,49,54)(H,50,56)(H,51,55)/t42-/m0/s1. The number of carbonyl (C=O) groups is 2. The Hall–Kier alpha value is -5.47. The van der Waals surface area contributed by atoms with Gasteiger partial charge < -0.3 is 39.5 Å². The van der Waals surface area contributed by atoms with E-state index in [4.69, 9.17) is 13.9 Å². The van der Waals surface area contributed by atoms with E-state index in [1.807, 2.05) is 78.9 Å². The molecule has 0 radical (unpaired) electrons. The van der Waals surface area contributed by atoms with Crippen LogP contribution in [0.4, 0.5) is 10.5 Å². The molecule has 5 N–H and O–H groups in total. The van der Waals surface area contributed by atoms with Crippen LogP contribution in [0.15, 0.2) is 102 Å². The molecule has 1 aromatic heterocycles. The maximum Gasteiger partial charge on any atom is 0.411 e. The molecule has 0 spiro atoms. The van der Waals surface area contributed by atoms with Crippen molar-refractivity contribution in [2.45, 2.75) is 83.5 Å². The summed E-state index contributed by atoms with van der Waals surface area (Å²) in [6.07, 6.45) is 0.786. The number of anilines is 1. The van der Waals surface area contributed by atoms with E-state index in [0.717, 1.165) is 46.3 Å². The highest BCUT2D eigenvalue weighted by molar-refractivity contribution is 6.74. The number of hydrogen-bond donors (Lipinski definition) is 5. The minimum absolute atomic E-state index is 0.0131. The second kappa shape index (κ2) is 19.7. The first kappa shape index (κ1) is 44.1. The van der Waals surface area contributed by atoms with Crippen molar-refractivity contribution in [2.24, 2.45) is 0 Å². The summed E-state index contributed by atoms with van der Waals surface area (Å²) in [4.78, 5) is 42.8. The van der Waals surface area contributed by atoms with Gasteiger partial charge in [0.2, 0.25) is 11.5 Å². The van der Waals surface area contributed by atoms with Gasteiger partial charge in [0.25, 0.3) is 0 Å². The van der Waals surface area contributed by atoms with Gasteiger partial charge in [0.15, 0.2) is 8.32 Å². The Bertz CT molecular complexity index is 2300. The van der Waals surface area contributed by atoms with Gasteiger partial charge in [0.05, 0.1) is 24.4 Å². The Morgan fingerprint density at radius 3 is 2.40 bits per heavy atom. The zero-order valence-electron chi connectivity index (χ0n) is 35.6. The predicted octanol–water partition coefficient (Wildman–Crippen LogP) is 8.48. The van der Waals surface area contributed by atoms with Crippen molar-refractivity contribution in [3.8, 4) is 22.6 Å². The van der Waals surface area contributed by atoms with Crippen LogP contribution >= 0.6 is 0 Å². The van der Waals surface area contributed by atoms with E-state index in [0.29, 0.717) is 62.4 Å². The third-order valence-corrected chi connectivity index (χ3v) is 16.2. The van der Waals surface area contributed by atoms with Crippen LogP contribution in [0.2, 0.25) is 18.1 Å². The number of aromatic hydroxyl groups is 1. The Kier molecular flexibility index (Phi) is 14.5. The van der Waals surface area contributed by atoms with E-state index in [9.17, 15) is 19.5 Å². The number of benzene rings is 4. The highest BCUT2D eigenvalue weighted by Crippen LogP contribution is 2.41. The average molecular weight is 834 g/mol. The second-order valence-corrected chi connectivity index (χ2v) is 21.7. The number of rotatable bonds is 16. The molecule has 4 aromatic carbocycles. The van der Waals surface area contributed by atoms with Crippen molar-refractivity contribution < 1.29 is 28.6 Å². The molecular formula is C47H59N5O7Si. The number of para-hydroxylation sites is 1. The molecule has 60 heavy (non-hydrogen) atoms. The lowest BCUT2D eigenvalue weighted by atomic mass is 10.0. The average Bonchev–Trinajstić information content (AvgIpc) is 3.23. The first-order valence-electron chi connectivity index (χ1n) is 20.7. The molecule has 1 atom stereocenters. The van der Waals surface area contributed by atoms with E-state index in [1.165, 1.54) is 6.07 Å². The zero-order valence-corrected chi connectivity index (χ0v) is 36.6. The number of nitrogens with one attached hydrogen (secondary N) is 4. The van der Waals surface area contributed by atoms with Crippen LogP contribution in [0.5, 0.6) is 11.5 Å². The molecule has 2 amide bonds. The van der Waals surface area contributed by atoms with Crippen molar-refractivity contribution in [1.29, 1.82) is 0 Å². The molecule has 318 valence electrons. The largest absolute Gasteiger partial charge is 0.506 e. The molecular weight excluding hydrogens is 775 g/mol. The number of methoxy groups -OCH3 is 1. The van der Waals surface area contributed by atoms with Crippen LogP contribution in [0.25, 0.3) is 22.0 Å². The number of piperidine rings is 1. The summed E-state index contributed by atoms with van der Waals surface area (Å²) < 4.78 is 18.5. The Morgan fingerprint density at radius 2 is 1.67 bits per heavy atom.